The minimum absolute atomic E-state index is 0.342. The van der Waals surface area contributed by atoms with Gasteiger partial charge in [-0.2, -0.15) is 0 Å². The van der Waals surface area contributed by atoms with Crippen molar-refractivity contribution in [1.29, 1.82) is 0 Å². The van der Waals surface area contributed by atoms with E-state index in [1.165, 1.54) is 0 Å². The van der Waals surface area contributed by atoms with Crippen molar-refractivity contribution in [1.82, 2.24) is 4.90 Å². The molecule has 1 N–H and O–H groups in total. The van der Waals surface area contributed by atoms with Crippen molar-refractivity contribution in [3.8, 4) is 11.8 Å². The molecule has 0 radical (unpaired) electrons. The van der Waals surface area contributed by atoms with Crippen molar-refractivity contribution in [3.05, 3.63) is 12.2 Å². The number of hydrogen-bond donors (Lipinski definition) is 1. The van der Waals surface area contributed by atoms with Gasteiger partial charge in [0.2, 0.25) is 0 Å². The number of aliphatic hydroxyl groups excluding tert-OH is 1. The maximum atomic E-state index is 9.76. The molecule has 0 aliphatic heterocycles. The first kappa shape index (κ1) is 11.3. The lowest BCUT2D eigenvalue weighted by Crippen LogP contribution is -2.20. The summed E-state index contributed by atoms with van der Waals surface area (Å²) >= 11 is 0. The van der Waals surface area contributed by atoms with Crippen LogP contribution in [0, 0.1) is 17.8 Å². The van der Waals surface area contributed by atoms with Crippen LogP contribution < -0.4 is 0 Å². The van der Waals surface area contributed by atoms with Gasteiger partial charge in [-0.15, -0.1) is 0 Å². The molecule has 0 spiro atoms. The topological polar surface area (TPSA) is 23.5 Å². The fraction of sp³-hybridized carbons (Fsp3) is 0.667. The maximum absolute atomic E-state index is 9.76. The summed E-state index contributed by atoms with van der Waals surface area (Å²) < 4.78 is 0. The van der Waals surface area contributed by atoms with E-state index in [-0.39, 0.29) is 0 Å². The minimum Gasteiger partial charge on any atom is -0.380 e. The largest absolute Gasteiger partial charge is 0.380 e. The Bertz CT molecular complexity index is 247. The molecule has 0 bridgehead atoms. The third-order valence-electron chi connectivity index (χ3n) is 2.40. The molecule has 2 unspecified atom stereocenters. The highest BCUT2D eigenvalue weighted by atomic mass is 16.3. The van der Waals surface area contributed by atoms with Crippen LogP contribution in [0.1, 0.15) is 19.3 Å². The standard InChI is InChI=1S/C12H19NO/c1-13(2)10-6-9-12(14)11-7-4-3-5-8-11/h3-4,11-12,14H,5,7-8,10H2,1-2H3. The fourth-order valence-corrected chi connectivity index (χ4v) is 1.53. The molecule has 0 aromatic heterocycles. The molecular formula is C12H19NO. The number of aliphatic hydroxyl groups is 1. The van der Waals surface area contributed by atoms with E-state index in [9.17, 15) is 5.11 Å². The second-order valence-corrected chi connectivity index (χ2v) is 4.05. The first-order valence-corrected chi connectivity index (χ1v) is 5.16. The fourth-order valence-electron chi connectivity index (χ4n) is 1.53. The van der Waals surface area contributed by atoms with Gasteiger partial charge in [-0.1, -0.05) is 24.0 Å². The quantitative estimate of drug-likeness (QED) is 0.527. The molecule has 0 amide bonds. The molecule has 0 heterocycles. The summed E-state index contributed by atoms with van der Waals surface area (Å²) in [5.74, 6) is 6.24. The molecule has 1 rings (SSSR count). The van der Waals surface area contributed by atoms with Gasteiger partial charge in [0.15, 0.2) is 0 Å². The van der Waals surface area contributed by atoms with Crippen LogP contribution in [0.2, 0.25) is 0 Å². The lowest BCUT2D eigenvalue weighted by Gasteiger charge is -2.19. The lowest BCUT2D eigenvalue weighted by atomic mass is 9.90. The summed E-state index contributed by atoms with van der Waals surface area (Å²) in [4.78, 5) is 2.00. The van der Waals surface area contributed by atoms with Crippen molar-refractivity contribution in [2.24, 2.45) is 5.92 Å². The van der Waals surface area contributed by atoms with Gasteiger partial charge in [-0.05, 0) is 39.3 Å². The Morgan fingerprint density at radius 3 is 2.86 bits per heavy atom. The summed E-state index contributed by atoms with van der Waals surface area (Å²) in [5, 5.41) is 9.76. The molecule has 0 saturated carbocycles. The second-order valence-electron chi connectivity index (χ2n) is 4.05. The van der Waals surface area contributed by atoms with Crippen molar-refractivity contribution in [2.45, 2.75) is 25.4 Å². The monoisotopic (exact) mass is 193 g/mol. The third kappa shape index (κ3) is 3.95. The average molecular weight is 193 g/mol. The van der Waals surface area contributed by atoms with Crippen LogP contribution in [0.5, 0.6) is 0 Å². The number of allylic oxidation sites excluding steroid dienone is 2. The predicted octanol–water partition coefficient (Wildman–Crippen LogP) is 1.27. The SMILES string of the molecule is CN(C)CC#CC(O)C1CC=CCC1. The maximum Gasteiger partial charge on any atom is 0.117 e. The van der Waals surface area contributed by atoms with Crippen LogP contribution in [0.4, 0.5) is 0 Å². The molecule has 0 fully saturated rings. The zero-order chi connectivity index (χ0) is 10.4. The zero-order valence-electron chi connectivity index (χ0n) is 9.03. The number of nitrogens with zero attached hydrogens (tertiary/aromatic N) is 1. The summed E-state index contributed by atoms with van der Waals surface area (Å²) in [7, 11) is 3.95. The van der Waals surface area contributed by atoms with Crippen molar-refractivity contribution < 1.29 is 5.11 Å². The van der Waals surface area contributed by atoms with E-state index < -0.39 is 6.10 Å². The summed E-state index contributed by atoms with van der Waals surface area (Å²) in [6.07, 6.45) is 6.99. The van der Waals surface area contributed by atoms with Gasteiger partial charge in [-0.25, -0.2) is 0 Å². The summed E-state index contributed by atoms with van der Waals surface area (Å²) in [6, 6.07) is 0. The van der Waals surface area contributed by atoms with Gasteiger partial charge < -0.3 is 5.11 Å². The van der Waals surface area contributed by atoms with Gasteiger partial charge in [-0.3, -0.25) is 4.90 Å². The zero-order valence-corrected chi connectivity index (χ0v) is 9.03. The van der Waals surface area contributed by atoms with Crippen molar-refractivity contribution in [2.75, 3.05) is 20.6 Å². The van der Waals surface area contributed by atoms with Crippen LogP contribution >= 0.6 is 0 Å². The molecule has 1 aliphatic carbocycles. The lowest BCUT2D eigenvalue weighted by molar-refractivity contribution is 0.154. The first-order chi connectivity index (χ1) is 6.70. The highest BCUT2D eigenvalue weighted by molar-refractivity contribution is 5.09. The van der Waals surface area contributed by atoms with Gasteiger partial charge in [0.25, 0.3) is 0 Å². The molecule has 2 heteroatoms. The molecule has 0 aromatic carbocycles. The second kappa shape index (κ2) is 5.85. The third-order valence-corrected chi connectivity index (χ3v) is 2.40. The van der Waals surface area contributed by atoms with E-state index in [1.807, 2.05) is 19.0 Å². The van der Waals surface area contributed by atoms with E-state index in [4.69, 9.17) is 0 Å². The first-order valence-electron chi connectivity index (χ1n) is 5.16. The minimum atomic E-state index is -0.445. The Labute approximate surface area is 86.6 Å². The Morgan fingerprint density at radius 1 is 1.50 bits per heavy atom. The summed E-state index contributed by atoms with van der Waals surface area (Å²) in [6.45, 7) is 0.722. The van der Waals surface area contributed by atoms with Gasteiger partial charge in [0.05, 0.1) is 6.54 Å². The highest BCUT2D eigenvalue weighted by Gasteiger charge is 2.16. The summed E-state index contributed by atoms with van der Waals surface area (Å²) in [5.41, 5.74) is 0. The van der Waals surface area contributed by atoms with Crippen LogP contribution in [-0.2, 0) is 0 Å². The van der Waals surface area contributed by atoms with Crippen LogP contribution in [-0.4, -0.2) is 36.8 Å². The van der Waals surface area contributed by atoms with Crippen LogP contribution in [0.3, 0.4) is 0 Å². The molecule has 2 nitrogen and oxygen atoms in total. The van der Waals surface area contributed by atoms with Gasteiger partial charge in [0.1, 0.15) is 6.10 Å². The highest BCUT2D eigenvalue weighted by Crippen LogP contribution is 2.21. The molecule has 1 aliphatic rings. The normalized spacial score (nSPS) is 23.0. The van der Waals surface area contributed by atoms with Crippen LogP contribution in [0.15, 0.2) is 12.2 Å². The Kier molecular flexibility index (Phi) is 4.72. The van der Waals surface area contributed by atoms with E-state index in [1.54, 1.807) is 0 Å². The Balaban J connectivity index is 2.35. The van der Waals surface area contributed by atoms with E-state index in [2.05, 4.69) is 24.0 Å². The smallest absolute Gasteiger partial charge is 0.117 e. The molecule has 2 atom stereocenters. The molecule has 14 heavy (non-hydrogen) atoms. The Morgan fingerprint density at radius 2 is 2.29 bits per heavy atom. The van der Waals surface area contributed by atoms with Gasteiger partial charge >= 0.3 is 0 Å². The van der Waals surface area contributed by atoms with Crippen molar-refractivity contribution >= 4 is 0 Å². The van der Waals surface area contributed by atoms with E-state index in [0.717, 1.165) is 25.8 Å². The van der Waals surface area contributed by atoms with E-state index in [0.29, 0.717) is 5.92 Å². The average Bonchev–Trinajstić information content (AvgIpc) is 2.18. The number of rotatable bonds is 2. The predicted molar refractivity (Wildman–Crippen MR) is 58.8 cm³/mol. The Hall–Kier alpha value is -0.780. The van der Waals surface area contributed by atoms with Gasteiger partial charge in [0, 0.05) is 0 Å². The molecule has 78 valence electrons. The number of hydrogen-bond acceptors (Lipinski definition) is 2. The van der Waals surface area contributed by atoms with Crippen molar-refractivity contribution in [3.63, 3.8) is 0 Å². The molecule has 0 saturated heterocycles. The molecule has 0 aromatic rings. The van der Waals surface area contributed by atoms with E-state index >= 15 is 0 Å². The van der Waals surface area contributed by atoms with Crippen LogP contribution in [0.25, 0.3) is 0 Å². The molecular weight excluding hydrogens is 174 g/mol.